The van der Waals surface area contributed by atoms with Crippen LogP contribution in [0.1, 0.15) is 11.7 Å². The molecule has 2 rings (SSSR count). The van der Waals surface area contributed by atoms with Crippen molar-refractivity contribution in [1.82, 2.24) is 0 Å². The SMILES string of the molecule is O=C(O)C(O)c1cc2ccccc2cc1O. The summed E-state index contributed by atoms with van der Waals surface area (Å²) in [5.41, 5.74) is 0.00574. The first-order chi connectivity index (χ1) is 7.59. The van der Waals surface area contributed by atoms with E-state index in [0.717, 1.165) is 10.8 Å². The summed E-state index contributed by atoms with van der Waals surface area (Å²) in [7, 11) is 0. The average Bonchev–Trinajstić information content (AvgIpc) is 2.27. The zero-order chi connectivity index (χ0) is 11.7. The minimum Gasteiger partial charge on any atom is -0.508 e. The quantitative estimate of drug-likeness (QED) is 0.716. The summed E-state index contributed by atoms with van der Waals surface area (Å²) in [6.07, 6.45) is -1.70. The van der Waals surface area contributed by atoms with Gasteiger partial charge in [0.2, 0.25) is 0 Å². The molecule has 0 aromatic heterocycles. The maximum absolute atomic E-state index is 10.6. The van der Waals surface area contributed by atoms with Crippen molar-refractivity contribution in [3.05, 3.63) is 42.0 Å². The molecule has 3 N–H and O–H groups in total. The summed E-state index contributed by atoms with van der Waals surface area (Å²) in [4.78, 5) is 10.6. The molecule has 4 heteroatoms. The molecule has 2 aromatic rings. The second-order valence-electron chi connectivity index (χ2n) is 3.50. The fourth-order valence-corrected chi connectivity index (χ4v) is 1.60. The Morgan fingerprint density at radius 1 is 1.12 bits per heavy atom. The minimum atomic E-state index is -1.70. The van der Waals surface area contributed by atoms with Gasteiger partial charge in [-0.1, -0.05) is 24.3 Å². The van der Waals surface area contributed by atoms with Gasteiger partial charge in [0.05, 0.1) is 0 Å². The molecular formula is C12H10O4. The Labute approximate surface area is 91.4 Å². The van der Waals surface area contributed by atoms with Crippen LogP contribution in [0.15, 0.2) is 36.4 Å². The number of hydrogen-bond donors (Lipinski definition) is 3. The van der Waals surface area contributed by atoms with E-state index < -0.39 is 12.1 Å². The number of aromatic hydroxyl groups is 1. The fraction of sp³-hybridized carbons (Fsp3) is 0.0833. The van der Waals surface area contributed by atoms with E-state index in [9.17, 15) is 15.0 Å². The second-order valence-corrected chi connectivity index (χ2v) is 3.50. The molecule has 82 valence electrons. The van der Waals surface area contributed by atoms with Gasteiger partial charge in [0, 0.05) is 5.56 Å². The highest BCUT2D eigenvalue weighted by molar-refractivity contribution is 5.87. The number of aliphatic hydroxyl groups is 1. The molecule has 0 saturated heterocycles. The summed E-state index contributed by atoms with van der Waals surface area (Å²) < 4.78 is 0. The Morgan fingerprint density at radius 2 is 1.69 bits per heavy atom. The van der Waals surface area contributed by atoms with Crippen LogP contribution in [-0.4, -0.2) is 21.3 Å². The summed E-state index contributed by atoms with van der Waals surface area (Å²) in [5.74, 6) is -1.60. The molecular weight excluding hydrogens is 208 g/mol. The first kappa shape index (κ1) is 10.4. The van der Waals surface area contributed by atoms with E-state index in [-0.39, 0.29) is 11.3 Å². The summed E-state index contributed by atoms with van der Waals surface area (Å²) >= 11 is 0. The Kier molecular flexibility index (Phi) is 2.50. The van der Waals surface area contributed by atoms with E-state index >= 15 is 0 Å². The van der Waals surface area contributed by atoms with Gasteiger partial charge in [-0.25, -0.2) is 4.79 Å². The first-order valence-electron chi connectivity index (χ1n) is 4.72. The Hall–Kier alpha value is -2.07. The van der Waals surface area contributed by atoms with Crippen molar-refractivity contribution in [3.63, 3.8) is 0 Å². The average molecular weight is 218 g/mol. The zero-order valence-electron chi connectivity index (χ0n) is 8.29. The Bertz CT molecular complexity index is 548. The number of fused-ring (bicyclic) bond motifs is 1. The van der Waals surface area contributed by atoms with Crippen LogP contribution in [0.5, 0.6) is 5.75 Å². The zero-order valence-corrected chi connectivity index (χ0v) is 8.29. The lowest BCUT2D eigenvalue weighted by molar-refractivity contribution is -0.147. The van der Waals surface area contributed by atoms with E-state index in [4.69, 9.17) is 5.11 Å². The third-order valence-electron chi connectivity index (χ3n) is 2.42. The largest absolute Gasteiger partial charge is 0.508 e. The summed E-state index contributed by atoms with van der Waals surface area (Å²) in [5, 5.41) is 29.2. The van der Waals surface area contributed by atoms with Crippen LogP contribution in [0.25, 0.3) is 10.8 Å². The predicted molar refractivity (Wildman–Crippen MR) is 58.2 cm³/mol. The molecule has 0 heterocycles. The van der Waals surface area contributed by atoms with Crippen LogP contribution >= 0.6 is 0 Å². The van der Waals surface area contributed by atoms with Crippen molar-refractivity contribution in [3.8, 4) is 5.75 Å². The summed E-state index contributed by atoms with van der Waals surface area (Å²) in [6.45, 7) is 0. The van der Waals surface area contributed by atoms with Gasteiger partial charge >= 0.3 is 5.97 Å². The maximum Gasteiger partial charge on any atom is 0.337 e. The van der Waals surface area contributed by atoms with E-state index in [0.29, 0.717) is 0 Å². The molecule has 4 nitrogen and oxygen atoms in total. The lowest BCUT2D eigenvalue weighted by Gasteiger charge is -2.09. The molecule has 1 unspecified atom stereocenters. The van der Waals surface area contributed by atoms with Gasteiger partial charge in [-0.3, -0.25) is 0 Å². The van der Waals surface area contributed by atoms with Gasteiger partial charge in [0.1, 0.15) is 5.75 Å². The molecule has 0 saturated carbocycles. The fourth-order valence-electron chi connectivity index (χ4n) is 1.60. The number of benzene rings is 2. The first-order valence-corrected chi connectivity index (χ1v) is 4.72. The number of phenolic OH excluding ortho intramolecular Hbond substituents is 1. The molecule has 0 aliphatic rings. The van der Waals surface area contributed by atoms with Crippen molar-refractivity contribution in [1.29, 1.82) is 0 Å². The van der Waals surface area contributed by atoms with Gasteiger partial charge < -0.3 is 15.3 Å². The highest BCUT2D eigenvalue weighted by Crippen LogP contribution is 2.29. The standard InChI is InChI=1S/C12H10O4/c13-10-6-8-4-2-1-3-7(8)5-9(10)11(14)12(15)16/h1-6,11,13-14H,(H,15,16). The third kappa shape index (κ3) is 1.70. The molecule has 16 heavy (non-hydrogen) atoms. The number of phenols is 1. The minimum absolute atomic E-state index is 0.00574. The number of carboxylic acids is 1. The van der Waals surface area contributed by atoms with Gasteiger partial charge in [-0.15, -0.1) is 0 Å². The monoisotopic (exact) mass is 218 g/mol. The highest BCUT2D eigenvalue weighted by atomic mass is 16.4. The molecule has 0 aliphatic heterocycles. The molecule has 0 aliphatic carbocycles. The van der Waals surface area contributed by atoms with Crippen molar-refractivity contribution >= 4 is 16.7 Å². The van der Waals surface area contributed by atoms with Crippen LogP contribution < -0.4 is 0 Å². The van der Waals surface area contributed by atoms with Crippen LogP contribution in [0, 0.1) is 0 Å². The normalized spacial score (nSPS) is 12.6. The highest BCUT2D eigenvalue weighted by Gasteiger charge is 2.19. The van der Waals surface area contributed by atoms with Crippen LogP contribution in [-0.2, 0) is 4.79 Å². The lowest BCUT2D eigenvalue weighted by atomic mass is 10.0. The predicted octanol–water partition coefficient (Wildman–Crippen LogP) is 1.66. The Balaban J connectivity index is 2.62. The summed E-state index contributed by atoms with van der Waals surface area (Å²) in [6, 6.07) is 10.1. The van der Waals surface area contributed by atoms with Gasteiger partial charge in [-0.2, -0.15) is 0 Å². The van der Waals surface area contributed by atoms with Crippen molar-refractivity contribution < 1.29 is 20.1 Å². The molecule has 0 fully saturated rings. The molecule has 0 radical (unpaired) electrons. The number of aliphatic hydroxyl groups excluding tert-OH is 1. The number of aliphatic carboxylic acids is 1. The molecule has 0 amide bonds. The number of carboxylic acid groups (broad SMARTS) is 1. The number of hydrogen-bond acceptors (Lipinski definition) is 3. The third-order valence-corrected chi connectivity index (χ3v) is 2.42. The van der Waals surface area contributed by atoms with E-state index in [1.54, 1.807) is 18.2 Å². The molecule has 2 aromatic carbocycles. The second kappa shape index (κ2) is 3.83. The topological polar surface area (TPSA) is 77.8 Å². The molecule has 0 spiro atoms. The van der Waals surface area contributed by atoms with Crippen LogP contribution in [0.3, 0.4) is 0 Å². The lowest BCUT2D eigenvalue weighted by Crippen LogP contribution is -2.10. The Morgan fingerprint density at radius 3 is 2.25 bits per heavy atom. The smallest absolute Gasteiger partial charge is 0.337 e. The maximum atomic E-state index is 10.6. The van der Waals surface area contributed by atoms with E-state index in [1.165, 1.54) is 12.1 Å². The molecule has 1 atom stereocenters. The van der Waals surface area contributed by atoms with Gasteiger partial charge in [0.15, 0.2) is 6.10 Å². The van der Waals surface area contributed by atoms with Gasteiger partial charge in [0.25, 0.3) is 0 Å². The van der Waals surface area contributed by atoms with Crippen LogP contribution in [0.4, 0.5) is 0 Å². The number of rotatable bonds is 2. The van der Waals surface area contributed by atoms with E-state index in [2.05, 4.69) is 0 Å². The van der Waals surface area contributed by atoms with Crippen molar-refractivity contribution in [2.75, 3.05) is 0 Å². The van der Waals surface area contributed by atoms with Crippen molar-refractivity contribution in [2.45, 2.75) is 6.10 Å². The van der Waals surface area contributed by atoms with Gasteiger partial charge in [-0.05, 0) is 22.9 Å². The molecule has 0 bridgehead atoms. The van der Waals surface area contributed by atoms with E-state index in [1.807, 2.05) is 6.07 Å². The van der Waals surface area contributed by atoms with Crippen LogP contribution in [0.2, 0.25) is 0 Å². The van der Waals surface area contributed by atoms with Crippen molar-refractivity contribution in [2.24, 2.45) is 0 Å². The number of carbonyl (C=O) groups is 1.